The van der Waals surface area contributed by atoms with Gasteiger partial charge in [-0.15, -0.1) is 0 Å². The van der Waals surface area contributed by atoms with Gasteiger partial charge in [0.15, 0.2) is 0 Å². The monoisotopic (exact) mass is 263 g/mol. The maximum atomic E-state index is 5.84. The second-order valence-electron chi connectivity index (χ2n) is 4.58. The minimum atomic E-state index is 0.532. The van der Waals surface area contributed by atoms with Gasteiger partial charge in [-0.25, -0.2) is 4.98 Å². The van der Waals surface area contributed by atoms with E-state index < -0.39 is 0 Å². The average Bonchev–Trinajstić information content (AvgIpc) is 2.56. The molecule has 0 saturated heterocycles. The van der Waals surface area contributed by atoms with E-state index in [-0.39, 0.29) is 0 Å². The molecule has 3 nitrogen and oxygen atoms in total. The van der Waals surface area contributed by atoms with E-state index in [0.29, 0.717) is 5.15 Å². The van der Waals surface area contributed by atoms with E-state index in [0.717, 1.165) is 17.9 Å². The molecule has 1 N–H and O–H groups in total. The largest absolute Gasteiger partial charge is 0.379 e. The van der Waals surface area contributed by atoms with Crippen molar-refractivity contribution in [2.45, 2.75) is 27.3 Å². The van der Waals surface area contributed by atoms with E-state index >= 15 is 0 Å². The molecule has 2 rings (SSSR count). The minimum absolute atomic E-state index is 0.532. The van der Waals surface area contributed by atoms with Crippen LogP contribution in [0.25, 0.3) is 0 Å². The highest BCUT2D eigenvalue weighted by Crippen LogP contribution is 2.19. The first-order chi connectivity index (χ1) is 8.49. The van der Waals surface area contributed by atoms with Crippen LogP contribution in [0.1, 0.15) is 22.6 Å². The lowest BCUT2D eigenvalue weighted by Gasteiger charge is -2.09. The van der Waals surface area contributed by atoms with Gasteiger partial charge in [0.05, 0.1) is 11.4 Å². The van der Waals surface area contributed by atoms with Crippen molar-refractivity contribution in [1.82, 2.24) is 9.55 Å². The van der Waals surface area contributed by atoms with Crippen LogP contribution in [0.5, 0.6) is 0 Å². The SMILES string of the molecule is Cc1nc(Cl)ccc1NCc1cc(C)n(C)c1C. The molecule has 0 spiro atoms. The Kier molecular flexibility index (Phi) is 3.62. The molecule has 2 aromatic heterocycles. The van der Waals surface area contributed by atoms with Gasteiger partial charge in [-0.2, -0.15) is 0 Å². The van der Waals surface area contributed by atoms with E-state index in [1.54, 1.807) is 6.07 Å². The molecular weight excluding hydrogens is 246 g/mol. The Labute approximate surface area is 113 Å². The normalized spacial score (nSPS) is 10.7. The van der Waals surface area contributed by atoms with Crippen LogP contribution in [0, 0.1) is 20.8 Å². The third kappa shape index (κ3) is 2.51. The molecule has 0 aliphatic heterocycles. The average molecular weight is 264 g/mol. The summed E-state index contributed by atoms with van der Waals surface area (Å²) in [5.74, 6) is 0. The highest BCUT2D eigenvalue weighted by atomic mass is 35.5. The summed E-state index contributed by atoms with van der Waals surface area (Å²) < 4.78 is 2.20. The first-order valence-corrected chi connectivity index (χ1v) is 6.35. The predicted octanol–water partition coefficient (Wildman–Crippen LogP) is 3.61. The van der Waals surface area contributed by atoms with Crippen LogP contribution in [0.4, 0.5) is 5.69 Å². The smallest absolute Gasteiger partial charge is 0.129 e. The highest BCUT2D eigenvalue weighted by molar-refractivity contribution is 6.29. The molecule has 2 heterocycles. The number of pyridine rings is 1. The van der Waals surface area contributed by atoms with E-state index in [9.17, 15) is 0 Å². The fourth-order valence-electron chi connectivity index (χ4n) is 2.02. The molecular formula is C14H18ClN3. The van der Waals surface area contributed by atoms with Crippen LogP contribution in [-0.4, -0.2) is 9.55 Å². The maximum absolute atomic E-state index is 5.84. The topological polar surface area (TPSA) is 29.9 Å². The van der Waals surface area contributed by atoms with Crippen LogP contribution in [0.2, 0.25) is 5.15 Å². The summed E-state index contributed by atoms with van der Waals surface area (Å²) >= 11 is 5.84. The van der Waals surface area contributed by atoms with Gasteiger partial charge in [0, 0.05) is 25.0 Å². The molecule has 0 aromatic carbocycles. The highest BCUT2D eigenvalue weighted by Gasteiger charge is 2.06. The van der Waals surface area contributed by atoms with Crippen molar-refractivity contribution in [2.75, 3.05) is 5.32 Å². The molecule has 0 radical (unpaired) electrons. The predicted molar refractivity (Wildman–Crippen MR) is 76.2 cm³/mol. The third-order valence-corrected chi connectivity index (χ3v) is 3.61. The number of nitrogens with one attached hydrogen (secondary N) is 1. The molecule has 0 amide bonds. The van der Waals surface area contributed by atoms with Gasteiger partial charge in [-0.1, -0.05) is 11.6 Å². The van der Waals surface area contributed by atoms with Crippen molar-refractivity contribution in [3.8, 4) is 0 Å². The van der Waals surface area contributed by atoms with Crippen molar-refractivity contribution >= 4 is 17.3 Å². The summed E-state index contributed by atoms with van der Waals surface area (Å²) in [5, 5.41) is 3.94. The van der Waals surface area contributed by atoms with Crippen LogP contribution >= 0.6 is 11.6 Å². The zero-order valence-corrected chi connectivity index (χ0v) is 12.0. The molecule has 4 heteroatoms. The second-order valence-corrected chi connectivity index (χ2v) is 4.96. The minimum Gasteiger partial charge on any atom is -0.379 e. The zero-order valence-electron chi connectivity index (χ0n) is 11.2. The Morgan fingerprint density at radius 3 is 2.56 bits per heavy atom. The number of anilines is 1. The van der Waals surface area contributed by atoms with Crippen molar-refractivity contribution in [3.63, 3.8) is 0 Å². The van der Waals surface area contributed by atoms with Gasteiger partial charge in [0.25, 0.3) is 0 Å². The zero-order chi connectivity index (χ0) is 13.3. The molecule has 0 fully saturated rings. The van der Waals surface area contributed by atoms with Crippen LogP contribution in [-0.2, 0) is 13.6 Å². The van der Waals surface area contributed by atoms with Crippen LogP contribution in [0.15, 0.2) is 18.2 Å². The van der Waals surface area contributed by atoms with Gasteiger partial charge in [0.2, 0.25) is 0 Å². The molecule has 0 bridgehead atoms. The fourth-order valence-corrected chi connectivity index (χ4v) is 2.21. The second kappa shape index (κ2) is 5.02. The van der Waals surface area contributed by atoms with Crippen LogP contribution < -0.4 is 5.32 Å². The molecule has 0 unspecified atom stereocenters. The number of hydrogen-bond donors (Lipinski definition) is 1. The van der Waals surface area contributed by atoms with E-state index in [1.165, 1.54) is 17.0 Å². The van der Waals surface area contributed by atoms with Gasteiger partial charge in [-0.05, 0) is 44.5 Å². The van der Waals surface area contributed by atoms with Gasteiger partial charge < -0.3 is 9.88 Å². The molecule has 0 atom stereocenters. The summed E-state index contributed by atoms with van der Waals surface area (Å²) in [6, 6.07) is 5.98. The first-order valence-electron chi connectivity index (χ1n) is 5.98. The number of nitrogens with zero attached hydrogens (tertiary/aromatic N) is 2. The van der Waals surface area contributed by atoms with Crippen molar-refractivity contribution in [2.24, 2.45) is 7.05 Å². The Hall–Kier alpha value is -1.48. The Morgan fingerprint density at radius 2 is 2.00 bits per heavy atom. The van der Waals surface area contributed by atoms with Crippen molar-refractivity contribution < 1.29 is 0 Å². The quantitative estimate of drug-likeness (QED) is 0.858. The number of halogens is 1. The summed E-state index contributed by atoms with van der Waals surface area (Å²) in [7, 11) is 2.09. The number of aromatic nitrogens is 2. The Balaban J connectivity index is 2.14. The van der Waals surface area contributed by atoms with Crippen LogP contribution in [0.3, 0.4) is 0 Å². The molecule has 0 aliphatic rings. The number of aryl methyl sites for hydroxylation is 2. The van der Waals surface area contributed by atoms with Gasteiger partial charge >= 0.3 is 0 Å². The number of rotatable bonds is 3. The molecule has 2 aromatic rings. The molecule has 0 aliphatic carbocycles. The van der Waals surface area contributed by atoms with Gasteiger partial charge in [-0.3, -0.25) is 0 Å². The van der Waals surface area contributed by atoms with Crippen molar-refractivity contribution in [1.29, 1.82) is 0 Å². The lowest BCUT2D eigenvalue weighted by molar-refractivity contribution is 0.836. The summed E-state index contributed by atoms with van der Waals surface area (Å²) in [4.78, 5) is 4.23. The number of hydrogen-bond acceptors (Lipinski definition) is 2. The lowest BCUT2D eigenvalue weighted by atomic mass is 10.2. The van der Waals surface area contributed by atoms with E-state index in [4.69, 9.17) is 11.6 Å². The Bertz CT molecular complexity index is 573. The summed E-state index contributed by atoms with van der Waals surface area (Å²) in [6.45, 7) is 7.01. The summed E-state index contributed by atoms with van der Waals surface area (Å²) in [5.41, 5.74) is 5.83. The van der Waals surface area contributed by atoms with E-state index in [2.05, 4.69) is 41.8 Å². The summed E-state index contributed by atoms with van der Waals surface area (Å²) in [6.07, 6.45) is 0. The Morgan fingerprint density at radius 1 is 1.28 bits per heavy atom. The van der Waals surface area contributed by atoms with Gasteiger partial charge in [0.1, 0.15) is 5.15 Å². The molecule has 0 saturated carbocycles. The lowest BCUT2D eigenvalue weighted by Crippen LogP contribution is -2.03. The van der Waals surface area contributed by atoms with E-state index in [1.807, 2.05) is 13.0 Å². The molecule has 96 valence electrons. The standard InChI is InChI=1S/C14H18ClN3/c1-9-7-12(11(3)18(9)4)8-16-13-5-6-14(15)17-10(13)2/h5-7,16H,8H2,1-4H3. The maximum Gasteiger partial charge on any atom is 0.129 e. The first kappa shape index (κ1) is 13.0. The third-order valence-electron chi connectivity index (χ3n) is 3.40. The molecule has 18 heavy (non-hydrogen) atoms. The fraction of sp³-hybridized carbons (Fsp3) is 0.357. The van der Waals surface area contributed by atoms with Crippen molar-refractivity contribution in [3.05, 3.63) is 46.0 Å².